The molecule has 5 nitrogen and oxygen atoms in total. The van der Waals surface area contributed by atoms with Crippen LogP contribution >= 0.6 is 0 Å². The van der Waals surface area contributed by atoms with Crippen LogP contribution in [0.15, 0.2) is 18.5 Å². The van der Waals surface area contributed by atoms with Gasteiger partial charge in [0.25, 0.3) is 0 Å². The van der Waals surface area contributed by atoms with E-state index in [1.807, 2.05) is 6.92 Å². The van der Waals surface area contributed by atoms with Gasteiger partial charge in [0.1, 0.15) is 0 Å². The van der Waals surface area contributed by atoms with Gasteiger partial charge in [-0.15, -0.1) is 0 Å². The number of aromatic carboxylic acids is 1. The third kappa shape index (κ3) is 3.20. The highest BCUT2D eigenvalue weighted by molar-refractivity contribution is 5.93. The fourth-order valence-electron chi connectivity index (χ4n) is 1.45. The van der Waals surface area contributed by atoms with Gasteiger partial charge in [-0.05, 0) is 18.9 Å². The molecule has 3 N–H and O–H groups in total. The van der Waals surface area contributed by atoms with Crippen LogP contribution in [0.2, 0.25) is 0 Å². The SMILES string of the molecule is CCC(CCO)Nc1cnccc1C(=O)O. The Labute approximate surface area is 94.1 Å². The second kappa shape index (κ2) is 6.07. The number of aromatic nitrogens is 1. The molecule has 0 aliphatic rings. The van der Waals surface area contributed by atoms with Crippen molar-refractivity contribution < 1.29 is 15.0 Å². The van der Waals surface area contributed by atoms with Crippen molar-refractivity contribution >= 4 is 11.7 Å². The Morgan fingerprint density at radius 1 is 1.62 bits per heavy atom. The zero-order chi connectivity index (χ0) is 12.0. The fourth-order valence-corrected chi connectivity index (χ4v) is 1.45. The standard InChI is InChI=1S/C11H16N2O3/c1-2-8(4-6-14)13-10-7-12-5-3-9(10)11(15)16/h3,5,7-8,13-14H,2,4,6H2,1H3,(H,15,16). The normalized spacial score (nSPS) is 12.1. The summed E-state index contributed by atoms with van der Waals surface area (Å²) in [4.78, 5) is 14.8. The first-order chi connectivity index (χ1) is 7.69. The smallest absolute Gasteiger partial charge is 0.337 e. The Balaban J connectivity index is 2.82. The van der Waals surface area contributed by atoms with Crippen LogP contribution in [0.4, 0.5) is 5.69 Å². The number of anilines is 1. The van der Waals surface area contributed by atoms with Crippen molar-refractivity contribution in [1.82, 2.24) is 4.98 Å². The van der Waals surface area contributed by atoms with E-state index in [9.17, 15) is 4.79 Å². The van der Waals surface area contributed by atoms with Gasteiger partial charge in [0.2, 0.25) is 0 Å². The lowest BCUT2D eigenvalue weighted by atomic mass is 10.1. The molecule has 1 aromatic rings. The fraction of sp³-hybridized carbons (Fsp3) is 0.455. The Morgan fingerprint density at radius 3 is 2.94 bits per heavy atom. The predicted octanol–water partition coefficient (Wildman–Crippen LogP) is 1.35. The van der Waals surface area contributed by atoms with Gasteiger partial charge in [-0.1, -0.05) is 6.92 Å². The maximum Gasteiger partial charge on any atom is 0.337 e. The zero-order valence-corrected chi connectivity index (χ0v) is 9.18. The maximum atomic E-state index is 10.9. The van der Waals surface area contributed by atoms with Gasteiger partial charge >= 0.3 is 5.97 Å². The molecule has 0 amide bonds. The molecule has 0 saturated carbocycles. The van der Waals surface area contributed by atoms with Crippen molar-refractivity contribution in [2.75, 3.05) is 11.9 Å². The summed E-state index contributed by atoms with van der Waals surface area (Å²) in [6, 6.07) is 1.52. The molecule has 0 aliphatic carbocycles. The minimum atomic E-state index is -0.983. The first-order valence-electron chi connectivity index (χ1n) is 5.23. The molecular weight excluding hydrogens is 208 g/mol. The maximum absolute atomic E-state index is 10.9. The zero-order valence-electron chi connectivity index (χ0n) is 9.18. The Kier molecular flexibility index (Phi) is 4.72. The average molecular weight is 224 g/mol. The highest BCUT2D eigenvalue weighted by atomic mass is 16.4. The second-order valence-electron chi connectivity index (χ2n) is 3.49. The lowest BCUT2D eigenvalue weighted by Crippen LogP contribution is -2.21. The summed E-state index contributed by atoms with van der Waals surface area (Å²) < 4.78 is 0. The molecule has 1 aromatic heterocycles. The van der Waals surface area contributed by atoms with Crippen LogP contribution in [0.5, 0.6) is 0 Å². The number of hydrogen-bond acceptors (Lipinski definition) is 4. The topological polar surface area (TPSA) is 82.5 Å². The van der Waals surface area contributed by atoms with Crippen LogP contribution in [-0.4, -0.2) is 33.8 Å². The van der Waals surface area contributed by atoms with Crippen molar-refractivity contribution in [2.24, 2.45) is 0 Å². The van der Waals surface area contributed by atoms with Gasteiger partial charge < -0.3 is 15.5 Å². The van der Waals surface area contributed by atoms with Gasteiger partial charge in [0, 0.05) is 18.8 Å². The molecule has 1 rings (SSSR count). The number of carbonyl (C=O) groups is 1. The number of pyridine rings is 1. The van der Waals surface area contributed by atoms with Gasteiger partial charge in [-0.2, -0.15) is 0 Å². The number of nitrogens with zero attached hydrogens (tertiary/aromatic N) is 1. The van der Waals surface area contributed by atoms with Crippen LogP contribution in [0, 0.1) is 0 Å². The van der Waals surface area contributed by atoms with E-state index >= 15 is 0 Å². The van der Waals surface area contributed by atoms with E-state index in [0.717, 1.165) is 6.42 Å². The lowest BCUT2D eigenvalue weighted by Gasteiger charge is -2.18. The quantitative estimate of drug-likeness (QED) is 0.679. The molecule has 1 heterocycles. The van der Waals surface area contributed by atoms with E-state index < -0.39 is 5.97 Å². The van der Waals surface area contributed by atoms with Crippen LogP contribution in [-0.2, 0) is 0 Å². The van der Waals surface area contributed by atoms with E-state index in [2.05, 4.69) is 10.3 Å². The third-order valence-corrected chi connectivity index (χ3v) is 2.38. The molecule has 88 valence electrons. The van der Waals surface area contributed by atoms with E-state index in [4.69, 9.17) is 10.2 Å². The molecule has 1 unspecified atom stereocenters. The first-order valence-corrected chi connectivity index (χ1v) is 5.23. The van der Waals surface area contributed by atoms with E-state index in [-0.39, 0.29) is 18.2 Å². The number of nitrogens with one attached hydrogen (secondary N) is 1. The second-order valence-corrected chi connectivity index (χ2v) is 3.49. The van der Waals surface area contributed by atoms with Crippen molar-refractivity contribution in [1.29, 1.82) is 0 Å². The predicted molar refractivity (Wildman–Crippen MR) is 60.6 cm³/mol. The molecule has 0 fully saturated rings. The van der Waals surface area contributed by atoms with Gasteiger partial charge in [0.15, 0.2) is 0 Å². The molecule has 0 spiro atoms. The number of hydrogen-bond donors (Lipinski definition) is 3. The number of carboxylic acid groups (broad SMARTS) is 1. The molecule has 16 heavy (non-hydrogen) atoms. The van der Waals surface area contributed by atoms with Crippen molar-refractivity contribution in [3.05, 3.63) is 24.0 Å². The van der Waals surface area contributed by atoms with Crippen LogP contribution in [0.25, 0.3) is 0 Å². The molecule has 0 aromatic carbocycles. The van der Waals surface area contributed by atoms with E-state index in [1.165, 1.54) is 18.5 Å². The monoisotopic (exact) mass is 224 g/mol. The summed E-state index contributed by atoms with van der Waals surface area (Å²) >= 11 is 0. The summed E-state index contributed by atoms with van der Waals surface area (Å²) in [6.07, 6.45) is 4.34. The average Bonchev–Trinajstić information content (AvgIpc) is 2.29. The van der Waals surface area contributed by atoms with Gasteiger partial charge in [0.05, 0.1) is 17.4 Å². The molecule has 5 heteroatoms. The molecule has 0 radical (unpaired) electrons. The highest BCUT2D eigenvalue weighted by Gasteiger charge is 2.12. The van der Waals surface area contributed by atoms with Crippen molar-refractivity contribution in [3.63, 3.8) is 0 Å². The lowest BCUT2D eigenvalue weighted by molar-refractivity contribution is 0.0698. The number of rotatable bonds is 6. The van der Waals surface area contributed by atoms with Crippen molar-refractivity contribution in [3.8, 4) is 0 Å². The van der Waals surface area contributed by atoms with Crippen LogP contribution < -0.4 is 5.32 Å². The Morgan fingerprint density at radius 2 is 2.38 bits per heavy atom. The van der Waals surface area contributed by atoms with Gasteiger partial charge in [-0.25, -0.2) is 4.79 Å². The summed E-state index contributed by atoms with van der Waals surface area (Å²) in [7, 11) is 0. The summed E-state index contributed by atoms with van der Waals surface area (Å²) in [5.74, 6) is -0.983. The molecule has 1 atom stereocenters. The third-order valence-electron chi connectivity index (χ3n) is 2.38. The number of aliphatic hydroxyl groups is 1. The summed E-state index contributed by atoms with van der Waals surface area (Å²) in [5.41, 5.74) is 0.696. The van der Waals surface area contributed by atoms with Gasteiger partial charge in [-0.3, -0.25) is 4.98 Å². The largest absolute Gasteiger partial charge is 0.478 e. The molecule has 0 bridgehead atoms. The van der Waals surface area contributed by atoms with E-state index in [1.54, 1.807) is 0 Å². The van der Waals surface area contributed by atoms with E-state index in [0.29, 0.717) is 12.1 Å². The summed E-state index contributed by atoms with van der Waals surface area (Å²) in [5, 5.41) is 20.9. The van der Waals surface area contributed by atoms with Crippen LogP contribution in [0.3, 0.4) is 0 Å². The number of carboxylic acids is 1. The molecule has 0 aliphatic heterocycles. The summed E-state index contributed by atoms with van der Waals surface area (Å²) in [6.45, 7) is 2.05. The first kappa shape index (κ1) is 12.4. The number of aliphatic hydroxyl groups excluding tert-OH is 1. The van der Waals surface area contributed by atoms with Crippen molar-refractivity contribution in [2.45, 2.75) is 25.8 Å². The highest BCUT2D eigenvalue weighted by Crippen LogP contribution is 2.16. The van der Waals surface area contributed by atoms with Crippen LogP contribution in [0.1, 0.15) is 30.1 Å². The molecular formula is C11H16N2O3. The minimum Gasteiger partial charge on any atom is -0.478 e. The molecule has 0 saturated heterocycles. The minimum absolute atomic E-state index is 0.0623. The Hall–Kier alpha value is -1.62. The Bertz CT molecular complexity index is 355.